The van der Waals surface area contributed by atoms with Gasteiger partial charge in [0.05, 0.1) is 0 Å². The molecule has 0 aromatic heterocycles. The fourth-order valence-corrected chi connectivity index (χ4v) is 2.72. The van der Waals surface area contributed by atoms with Crippen LogP contribution in [0.2, 0.25) is 0 Å². The van der Waals surface area contributed by atoms with Crippen molar-refractivity contribution in [2.24, 2.45) is 0 Å². The van der Waals surface area contributed by atoms with Crippen LogP contribution in [0, 0.1) is 0 Å². The van der Waals surface area contributed by atoms with E-state index in [4.69, 9.17) is 9.47 Å². The summed E-state index contributed by atoms with van der Waals surface area (Å²) in [6.45, 7) is 4.04. The Hall–Kier alpha value is -1.42. The fourth-order valence-electron chi connectivity index (χ4n) is 2.72. The van der Waals surface area contributed by atoms with E-state index in [-0.39, 0.29) is 6.10 Å². The second-order valence-electron chi connectivity index (χ2n) is 5.58. The summed E-state index contributed by atoms with van der Waals surface area (Å²) in [4.78, 5) is 4.53. The summed E-state index contributed by atoms with van der Waals surface area (Å²) >= 11 is 0. The molecule has 0 saturated carbocycles. The van der Waals surface area contributed by atoms with Crippen molar-refractivity contribution >= 4 is 5.69 Å². The van der Waals surface area contributed by atoms with E-state index >= 15 is 0 Å². The number of rotatable bonds is 3. The molecule has 0 amide bonds. The molecule has 4 nitrogen and oxygen atoms in total. The molecule has 1 aromatic carbocycles. The zero-order chi connectivity index (χ0) is 13.2. The highest BCUT2D eigenvalue weighted by atomic mass is 16.6. The first-order valence-electron chi connectivity index (χ1n) is 7.05. The molecule has 1 saturated heterocycles. The first kappa shape index (κ1) is 12.6. The number of hydrogen-bond acceptors (Lipinski definition) is 4. The Kier molecular flexibility index (Phi) is 3.51. The molecule has 3 rings (SSSR count). The average molecular weight is 262 g/mol. The number of anilines is 1. The molecule has 1 fully saturated rings. The van der Waals surface area contributed by atoms with Crippen molar-refractivity contribution in [1.82, 2.24) is 4.90 Å². The molecule has 0 aliphatic carbocycles. The first-order valence-corrected chi connectivity index (χ1v) is 7.05. The lowest BCUT2D eigenvalue weighted by molar-refractivity contribution is 0.0651. The van der Waals surface area contributed by atoms with E-state index in [1.165, 1.54) is 25.9 Å². The van der Waals surface area contributed by atoms with Crippen LogP contribution >= 0.6 is 0 Å². The third-order valence-electron chi connectivity index (χ3n) is 3.82. The summed E-state index contributed by atoms with van der Waals surface area (Å²) in [5, 5.41) is 0. The zero-order valence-electron chi connectivity index (χ0n) is 11.8. The van der Waals surface area contributed by atoms with E-state index in [0.29, 0.717) is 6.61 Å². The third-order valence-corrected chi connectivity index (χ3v) is 3.82. The molecule has 2 heterocycles. The fraction of sp³-hybridized carbons (Fsp3) is 0.600. The number of benzene rings is 1. The van der Waals surface area contributed by atoms with E-state index in [2.05, 4.69) is 15.9 Å². The van der Waals surface area contributed by atoms with Crippen LogP contribution < -0.4 is 14.4 Å². The lowest BCUT2D eigenvalue weighted by atomic mass is 10.2. The second kappa shape index (κ2) is 5.29. The molecular weight excluding hydrogens is 240 g/mol. The summed E-state index contributed by atoms with van der Waals surface area (Å²) in [5.41, 5.74) is 1.14. The van der Waals surface area contributed by atoms with Crippen LogP contribution in [-0.4, -0.2) is 51.3 Å². The molecule has 4 heteroatoms. The van der Waals surface area contributed by atoms with Crippen LogP contribution in [0.3, 0.4) is 0 Å². The average Bonchev–Trinajstić information content (AvgIpc) is 2.91. The molecule has 1 unspecified atom stereocenters. The molecule has 1 atom stereocenters. The van der Waals surface area contributed by atoms with Crippen LogP contribution in [0.5, 0.6) is 11.5 Å². The van der Waals surface area contributed by atoms with Crippen molar-refractivity contribution in [3.8, 4) is 11.5 Å². The molecule has 0 bridgehead atoms. The minimum Gasteiger partial charge on any atom is -0.486 e. The van der Waals surface area contributed by atoms with E-state index in [1.807, 2.05) is 26.2 Å². The number of fused-ring (bicyclic) bond motifs is 1. The van der Waals surface area contributed by atoms with Gasteiger partial charge in [0.2, 0.25) is 0 Å². The highest BCUT2D eigenvalue weighted by Crippen LogP contribution is 2.35. The van der Waals surface area contributed by atoms with Gasteiger partial charge in [-0.05, 0) is 38.1 Å². The maximum atomic E-state index is 6.04. The predicted octanol–water partition coefficient (Wildman–Crippen LogP) is 1.99. The van der Waals surface area contributed by atoms with Gasteiger partial charge in [-0.2, -0.15) is 0 Å². The van der Waals surface area contributed by atoms with E-state index < -0.39 is 0 Å². The van der Waals surface area contributed by atoms with Crippen molar-refractivity contribution in [3.63, 3.8) is 0 Å². The highest BCUT2D eigenvalue weighted by Gasteiger charge is 2.24. The highest BCUT2D eigenvalue weighted by molar-refractivity contribution is 5.56. The van der Waals surface area contributed by atoms with Gasteiger partial charge < -0.3 is 14.4 Å². The summed E-state index contributed by atoms with van der Waals surface area (Å²) in [6, 6.07) is 6.13. The Morgan fingerprint density at radius 3 is 2.74 bits per heavy atom. The normalized spacial score (nSPS) is 22.5. The molecule has 104 valence electrons. The number of nitrogens with zero attached hydrogens (tertiary/aromatic N) is 2. The molecular formula is C15H22N2O2. The minimum atomic E-state index is 0.163. The van der Waals surface area contributed by atoms with Crippen molar-refractivity contribution in [3.05, 3.63) is 18.2 Å². The number of hydrogen-bond donors (Lipinski definition) is 0. The monoisotopic (exact) mass is 262 g/mol. The van der Waals surface area contributed by atoms with E-state index in [9.17, 15) is 0 Å². The topological polar surface area (TPSA) is 24.9 Å². The predicted molar refractivity (Wildman–Crippen MR) is 76.4 cm³/mol. The first-order chi connectivity index (χ1) is 9.22. The lowest BCUT2D eigenvalue weighted by Crippen LogP contribution is -2.39. The van der Waals surface area contributed by atoms with E-state index in [1.54, 1.807) is 0 Å². The largest absolute Gasteiger partial charge is 0.486 e. The Bertz CT molecular complexity index is 442. The van der Waals surface area contributed by atoms with Gasteiger partial charge in [0.15, 0.2) is 11.5 Å². The Morgan fingerprint density at radius 1 is 1.21 bits per heavy atom. The standard InChI is InChI=1S/C15H22N2O2/c1-16(2)12-5-6-14-15(9-12)18-11-13(19-14)10-17-7-3-4-8-17/h5-6,9,13H,3-4,7-8,10-11H2,1-2H3. The van der Waals surface area contributed by atoms with Crippen LogP contribution in [0.4, 0.5) is 5.69 Å². The molecule has 1 aromatic rings. The van der Waals surface area contributed by atoms with Gasteiger partial charge in [0, 0.05) is 32.4 Å². The number of likely N-dealkylation sites (tertiary alicyclic amines) is 1. The molecule has 2 aliphatic rings. The quantitative estimate of drug-likeness (QED) is 0.831. The molecule has 19 heavy (non-hydrogen) atoms. The minimum absolute atomic E-state index is 0.163. The van der Waals surface area contributed by atoms with Gasteiger partial charge >= 0.3 is 0 Å². The van der Waals surface area contributed by atoms with Crippen LogP contribution in [-0.2, 0) is 0 Å². The van der Waals surface area contributed by atoms with Crippen molar-refractivity contribution in [1.29, 1.82) is 0 Å². The Morgan fingerprint density at radius 2 is 2.00 bits per heavy atom. The molecule has 0 spiro atoms. The van der Waals surface area contributed by atoms with Crippen LogP contribution in [0.15, 0.2) is 18.2 Å². The summed E-state index contributed by atoms with van der Waals surface area (Å²) in [5.74, 6) is 1.74. The third kappa shape index (κ3) is 2.78. The maximum absolute atomic E-state index is 6.04. The van der Waals surface area contributed by atoms with Gasteiger partial charge in [-0.1, -0.05) is 0 Å². The maximum Gasteiger partial charge on any atom is 0.163 e. The van der Waals surface area contributed by atoms with Gasteiger partial charge in [-0.25, -0.2) is 0 Å². The van der Waals surface area contributed by atoms with Gasteiger partial charge in [0.25, 0.3) is 0 Å². The van der Waals surface area contributed by atoms with Gasteiger partial charge in [-0.15, -0.1) is 0 Å². The molecule has 0 radical (unpaired) electrons. The Balaban J connectivity index is 1.66. The molecule has 0 N–H and O–H groups in total. The van der Waals surface area contributed by atoms with Crippen LogP contribution in [0.25, 0.3) is 0 Å². The van der Waals surface area contributed by atoms with Crippen molar-refractivity contribution in [2.75, 3.05) is 45.2 Å². The SMILES string of the molecule is CN(C)c1ccc2c(c1)OCC(CN1CCCC1)O2. The number of ether oxygens (including phenoxy) is 2. The summed E-state index contributed by atoms with van der Waals surface area (Å²) in [7, 11) is 4.06. The van der Waals surface area contributed by atoms with Gasteiger partial charge in [0.1, 0.15) is 12.7 Å². The Labute approximate surface area is 114 Å². The second-order valence-corrected chi connectivity index (χ2v) is 5.58. The zero-order valence-corrected chi connectivity index (χ0v) is 11.8. The van der Waals surface area contributed by atoms with E-state index in [0.717, 1.165) is 23.7 Å². The molecule has 2 aliphatic heterocycles. The van der Waals surface area contributed by atoms with Crippen molar-refractivity contribution < 1.29 is 9.47 Å². The summed E-state index contributed by atoms with van der Waals surface area (Å²) < 4.78 is 11.9. The van der Waals surface area contributed by atoms with Crippen LogP contribution in [0.1, 0.15) is 12.8 Å². The van der Waals surface area contributed by atoms with Gasteiger partial charge in [-0.3, -0.25) is 4.90 Å². The summed E-state index contributed by atoms with van der Waals surface area (Å²) in [6.07, 6.45) is 2.79. The van der Waals surface area contributed by atoms with Crippen molar-refractivity contribution in [2.45, 2.75) is 18.9 Å². The smallest absolute Gasteiger partial charge is 0.163 e. The lowest BCUT2D eigenvalue weighted by Gasteiger charge is -2.30.